The average Bonchev–Trinajstić information content (AvgIpc) is 2.21. The van der Waals surface area contributed by atoms with Crippen LogP contribution in [0.1, 0.15) is 0 Å². The Hall–Kier alpha value is -2.04. The SMILES string of the molecule is C1=COC(OC2=COC=CO2)=CO1. The molecular weight excluding hydrogens is 176 g/mol. The van der Waals surface area contributed by atoms with E-state index in [2.05, 4.69) is 0 Å². The van der Waals surface area contributed by atoms with E-state index in [0.29, 0.717) is 0 Å². The summed E-state index contributed by atoms with van der Waals surface area (Å²) in [6, 6.07) is 0. The normalized spacial score (nSPS) is 18.5. The van der Waals surface area contributed by atoms with Gasteiger partial charge < -0.3 is 23.7 Å². The second-order valence-electron chi connectivity index (χ2n) is 2.03. The highest BCUT2D eigenvalue weighted by molar-refractivity contribution is 4.94. The molecule has 5 heteroatoms. The molecule has 5 nitrogen and oxygen atoms in total. The Kier molecular flexibility index (Phi) is 2.09. The summed E-state index contributed by atoms with van der Waals surface area (Å²) in [5.41, 5.74) is 0. The van der Waals surface area contributed by atoms with Crippen LogP contribution in [-0.4, -0.2) is 0 Å². The van der Waals surface area contributed by atoms with Crippen molar-refractivity contribution in [1.29, 1.82) is 0 Å². The molecule has 2 aliphatic heterocycles. The van der Waals surface area contributed by atoms with E-state index in [1.807, 2.05) is 0 Å². The summed E-state index contributed by atoms with van der Waals surface area (Å²) in [6.45, 7) is 0. The van der Waals surface area contributed by atoms with Gasteiger partial charge in [-0.05, 0) is 0 Å². The Morgan fingerprint density at radius 2 is 1.31 bits per heavy atom. The molecule has 0 radical (unpaired) electrons. The summed E-state index contributed by atoms with van der Waals surface area (Å²) in [6.07, 6.45) is 8.02. The largest absolute Gasteiger partial charge is 0.462 e. The third-order valence-electron chi connectivity index (χ3n) is 1.17. The summed E-state index contributed by atoms with van der Waals surface area (Å²) in [4.78, 5) is 0. The zero-order valence-electron chi connectivity index (χ0n) is 6.51. The first kappa shape index (κ1) is 7.60. The summed E-state index contributed by atoms with van der Waals surface area (Å²) in [7, 11) is 0. The van der Waals surface area contributed by atoms with Crippen molar-refractivity contribution in [2.75, 3.05) is 0 Å². The first-order chi connectivity index (χ1) is 6.45. The van der Waals surface area contributed by atoms with Crippen LogP contribution in [0.3, 0.4) is 0 Å². The lowest BCUT2D eigenvalue weighted by atomic mass is 10.8. The van der Waals surface area contributed by atoms with Gasteiger partial charge in [0.2, 0.25) is 0 Å². The molecule has 68 valence electrons. The van der Waals surface area contributed by atoms with E-state index in [-0.39, 0.29) is 11.9 Å². The molecule has 0 aromatic heterocycles. The quantitative estimate of drug-likeness (QED) is 0.649. The summed E-state index contributed by atoms with van der Waals surface area (Å²) >= 11 is 0. The summed E-state index contributed by atoms with van der Waals surface area (Å²) in [5, 5.41) is 0. The van der Waals surface area contributed by atoms with E-state index in [4.69, 9.17) is 23.7 Å². The molecule has 0 fully saturated rings. The summed E-state index contributed by atoms with van der Waals surface area (Å²) < 4.78 is 24.5. The Labute approximate surface area is 74.1 Å². The Balaban J connectivity index is 1.90. The van der Waals surface area contributed by atoms with Gasteiger partial charge in [0, 0.05) is 0 Å². The zero-order chi connectivity index (χ0) is 8.93. The van der Waals surface area contributed by atoms with E-state index in [1.54, 1.807) is 0 Å². The lowest BCUT2D eigenvalue weighted by molar-refractivity contribution is 0.0212. The van der Waals surface area contributed by atoms with Crippen LogP contribution in [0.2, 0.25) is 0 Å². The second-order valence-corrected chi connectivity index (χ2v) is 2.03. The minimum Gasteiger partial charge on any atom is -0.462 e. The first-order valence-electron chi connectivity index (χ1n) is 3.47. The van der Waals surface area contributed by atoms with E-state index in [0.717, 1.165) is 0 Å². The lowest BCUT2D eigenvalue weighted by Gasteiger charge is -2.13. The van der Waals surface area contributed by atoms with Crippen molar-refractivity contribution >= 4 is 0 Å². The lowest BCUT2D eigenvalue weighted by Crippen LogP contribution is -2.01. The van der Waals surface area contributed by atoms with Gasteiger partial charge in [0.15, 0.2) is 12.5 Å². The van der Waals surface area contributed by atoms with Gasteiger partial charge in [-0.3, -0.25) is 0 Å². The van der Waals surface area contributed by atoms with Crippen molar-refractivity contribution < 1.29 is 23.7 Å². The van der Waals surface area contributed by atoms with Gasteiger partial charge in [0.1, 0.15) is 25.0 Å². The van der Waals surface area contributed by atoms with Gasteiger partial charge in [0.05, 0.1) is 0 Å². The molecular formula is C8H6O5. The molecule has 0 saturated carbocycles. The molecule has 0 unspecified atom stereocenters. The van der Waals surface area contributed by atoms with Crippen molar-refractivity contribution in [1.82, 2.24) is 0 Å². The molecule has 2 heterocycles. The fraction of sp³-hybridized carbons (Fsp3) is 0. The molecule has 0 N–H and O–H groups in total. The maximum absolute atomic E-state index is 5.06. The van der Waals surface area contributed by atoms with Crippen LogP contribution >= 0.6 is 0 Å². The van der Waals surface area contributed by atoms with Gasteiger partial charge in [-0.25, -0.2) is 0 Å². The predicted molar refractivity (Wildman–Crippen MR) is 39.9 cm³/mol. The topological polar surface area (TPSA) is 46.2 Å². The standard InChI is InChI=1S/C8H6O5/c1-3-11-7(5-9-1)13-8-6-10-2-4-12-8/h1-6H. The second kappa shape index (κ2) is 3.57. The van der Waals surface area contributed by atoms with Crippen LogP contribution in [0.4, 0.5) is 0 Å². The van der Waals surface area contributed by atoms with Crippen molar-refractivity contribution in [2.45, 2.75) is 0 Å². The van der Waals surface area contributed by atoms with Crippen LogP contribution in [0.5, 0.6) is 0 Å². The zero-order valence-corrected chi connectivity index (χ0v) is 6.51. The predicted octanol–water partition coefficient (Wildman–Crippen LogP) is 1.64. The molecule has 0 amide bonds. The molecule has 0 aliphatic carbocycles. The van der Waals surface area contributed by atoms with Gasteiger partial charge >= 0.3 is 11.9 Å². The molecule has 13 heavy (non-hydrogen) atoms. The van der Waals surface area contributed by atoms with E-state index >= 15 is 0 Å². The van der Waals surface area contributed by atoms with Crippen LogP contribution in [0, 0.1) is 0 Å². The summed E-state index contributed by atoms with van der Waals surface area (Å²) in [5.74, 6) is 0.348. The molecule has 0 atom stereocenters. The van der Waals surface area contributed by atoms with Crippen molar-refractivity contribution in [3.63, 3.8) is 0 Å². The highest BCUT2D eigenvalue weighted by Crippen LogP contribution is 2.15. The van der Waals surface area contributed by atoms with Gasteiger partial charge in [0.25, 0.3) is 0 Å². The highest BCUT2D eigenvalue weighted by Gasteiger charge is 2.09. The number of hydrogen-bond acceptors (Lipinski definition) is 5. The Morgan fingerprint density at radius 3 is 1.69 bits per heavy atom. The minimum absolute atomic E-state index is 0.174. The first-order valence-corrected chi connectivity index (χ1v) is 3.47. The molecule has 0 saturated heterocycles. The third kappa shape index (κ3) is 1.96. The molecule has 2 aliphatic rings. The smallest absolute Gasteiger partial charge is 0.329 e. The van der Waals surface area contributed by atoms with Crippen LogP contribution < -0.4 is 0 Å². The Bertz CT molecular complexity index is 270. The van der Waals surface area contributed by atoms with Gasteiger partial charge in [-0.1, -0.05) is 0 Å². The maximum Gasteiger partial charge on any atom is 0.329 e. The fourth-order valence-electron chi connectivity index (χ4n) is 0.694. The maximum atomic E-state index is 5.06. The molecule has 0 aromatic carbocycles. The average molecular weight is 182 g/mol. The third-order valence-corrected chi connectivity index (χ3v) is 1.17. The van der Waals surface area contributed by atoms with Crippen LogP contribution in [0.25, 0.3) is 0 Å². The minimum atomic E-state index is 0.174. The highest BCUT2D eigenvalue weighted by atomic mass is 16.8. The fourth-order valence-corrected chi connectivity index (χ4v) is 0.694. The van der Waals surface area contributed by atoms with Gasteiger partial charge in [-0.15, -0.1) is 0 Å². The van der Waals surface area contributed by atoms with Crippen LogP contribution in [-0.2, 0) is 23.7 Å². The molecule has 0 aromatic rings. The van der Waals surface area contributed by atoms with Crippen LogP contribution in [0.15, 0.2) is 49.5 Å². The number of rotatable bonds is 2. The molecule has 0 spiro atoms. The van der Waals surface area contributed by atoms with Crippen molar-refractivity contribution in [3.05, 3.63) is 49.5 Å². The van der Waals surface area contributed by atoms with E-state index < -0.39 is 0 Å². The molecule has 0 bridgehead atoms. The van der Waals surface area contributed by atoms with E-state index in [9.17, 15) is 0 Å². The monoisotopic (exact) mass is 182 g/mol. The van der Waals surface area contributed by atoms with Crippen molar-refractivity contribution in [3.8, 4) is 0 Å². The van der Waals surface area contributed by atoms with E-state index in [1.165, 1.54) is 37.6 Å². The Morgan fingerprint density at radius 1 is 0.769 bits per heavy atom. The molecule has 2 rings (SSSR count). The number of hydrogen-bond donors (Lipinski definition) is 0. The number of ether oxygens (including phenoxy) is 5. The van der Waals surface area contributed by atoms with Crippen molar-refractivity contribution in [2.24, 2.45) is 0 Å². The van der Waals surface area contributed by atoms with Gasteiger partial charge in [-0.2, -0.15) is 0 Å².